The molecule has 0 aliphatic rings. The number of fused-ring (bicyclic) bond motifs is 6. The Morgan fingerprint density at radius 2 is 1.36 bits per heavy atom. The molecule has 0 N–H and O–H groups in total. The van der Waals surface area contributed by atoms with Gasteiger partial charge < -0.3 is 9.64 Å². The molecular weight excluding hydrogens is 540 g/mol. The molecule has 0 bridgehead atoms. The molecule has 44 heavy (non-hydrogen) atoms. The topological polar surface area (TPSA) is 42.7 Å². The molecule has 0 amide bonds. The lowest BCUT2D eigenvalue weighted by atomic mass is 10.0. The van der Waals surface area contributed by atoms with Gasteiger partial charge in [-0.25, -0.2) is 9.97 Å². The smallest absolute Gasteiger partial charge is 0.219 e. The number of nitrogens with zero attached hydrogens (tertiary/aromatic N) is 4. The Labute approximate surface area is 255 Å². The fourth-order valence-electron chi connectivity index (χ4n) is 6.06. The van der Waals surface area contributed by atoms with Crippen molar-refractivity contribution >= 4 is 44.4 Å². The van der Waals surface area contributed by atoms with E-state index in [0.717, 1.165) is 39.3 Å². The van der Waals surface area contributed by atoms with Crippen molar-refractivity contribution in [3.05, 3.63) is 157 Å². The first-order valence-corrected chi connectivity index (χ1v) is 14.7. The van der Waals surface area contributed by atoms with E-state index < -0.39 is 0 Å². The van der Waals surface area contributed by atoms with Crippen molar-refractivity contribution in [2.45, 2.75) is 6.92 Å². The predicted octanol–water partition coefficient (Wildman–Crippen LogP) is 10.3. The molecule has 0 spiro atoms. The van der Waals surface area contributed by atoms with Crippen LogP contribution in [0, 0.1) is 6.92 Å². The van der Waals surface area contributed by atoms with E-state index in [-0.39, 0.29) is 0 Å². The number of hydrogen-bond acceptors (Lipinski definition) is 4. The monoisotopic (exact) mass is 568 g/mol. The van der Waals surface area contributed by atoms with E-state index >= 15 is 0 Å². The minimum Gasteiger partial charge on any atom is -0.439 e. The first-order chi connectivity index (χ1) is 21.7. The van der Waals surface area contributed by atoms with Crippen molar-refractivity contribution in [2.24, 2.45) is 0 Å². The van der Waals surface area contributed by atoms with Crippen LogP contribution in [0.15, 0.2) is 152 Å². The van der Waals surface area contributed by atoms with Crippen LogP contribution < -0.4 is 9.64 Å². The van der Waals surface area contributed by atoms with Gasteiger partial charge in [0.05, 0.1) is 17.4 Å². The summed E-state index contributed by atoms with van der Waals surface area (Å²) < 4.78 is 8.42. The number of aryl methyl sites for hydroxylation is 1. The molecule has 5 heteroatoms. The zero-order chi connectivity index (χ0) is 29.5. The summed E-state index contributed by atoms with van der Waals surface area (Å²) in [7, 11) is 0. The Kier molecular flexibility index (Phi) is 6.27. The molecule has 0 atom stereocenters. The Morgan fingerprint density at radius 1 is 0.591 bits per heavy atom. The summed E-state index contributed by atoms with van der Waals surface area (Å²) in [5.41, 5.74) is 8.59. The molecule has 0 aliphatic heterocycles. The predicted molar refractivity (Wildman–Crippen MR) is 179 cm³/mol. The Hall–Kier alpha value is -5.94. The molecule has 8 rings (SSSR count). The Bertz CT molecular complexity index is 2280. The molecule has 3 heterocycles. The van der Waals surface area contributed by atoms with Crippen molar-refractivity contribution in [1.29, 1.82) is 0 Å². The van der Waals surface area contributed by atoms with Gasteiger partial charge in [-0.1, -0.05) is 78.9 Å². The van der Waals surface area contributed by atoms with Crippen LogP contribution in [0.2, 0.25) is 0 Å². The largest absolute Gasteiger partial charge is 0.439 e. The normalized spacial score (nSPS) is 11.3. The number of hydrogen-bond donors (Lipinski definition) is 0. The van der Waals surface area contributed by atoms with Crippen molar-refractivity contribution in [1.82, 2.24) is 14.4 Å². The average Bonchev–Trinajstić information content (AvgIpc) is 3.52. The number of rotatable bonds is 6. The molecule has 8 aromatic rings. The van der Waals surface area contributed by atoms with Gasteiger partial charge in [0.15, 0.2) is 0 Å². The van der Waals surface area contributed by atoms with Crippen LogP contribution in [0.4, 0.5) is 17.1 Å². The molecule has 5 aromatic carbocycles. The van der Waals surface area contributed by atoms with Crippen LogP contribution in [0.5, 0.6) is 11.6 Å². The van der Waals surface area contributed by atoms with E-state index in [1.165, 1.54) is 21.9 Å². The minimum atomic E-state index is 0.555. The number of imidazole rings is 1. The van der Waals surface area contributed by atoms with Crippen LogP contribution in [0.25, 0.3) is 38.6 Å². The second-order valence-corrected chi connectivity index (χ2v) is 10.8. The lowest BCUT2D eigenvalue weighted by Gasteiger charge is -2.26. The molecule has 5 nitrogen and oxygen atoms in total. The maximum absolute atomic E-state index is 6.12. The quantitative estimate of drug-likeness (QED) is 0.187. The van der Waals surface area contributed by atoms with E-state index in [4.69, 9.17) is 9.72 Å². The first kappa shape index (κ1) is 25.7. The highest BCUT2D eigenvalue weighted by Crippen LogP contribution is 2.40. The first-order valence-electron chi connectivity index (χ1n) is 14.7. The second kappa shape index (κ2) is 10.7. The van der Waals surface area contributed by atoms with Gasteiger partial charge >= 0.3 is 0 Å². The second-order valence-electron chi connectivity index (χ2n) is 10.8. The molecule has 0 saturated heterocycles. The zero-order valence-corrected chi connectivity index (χ0v) is 24.1. The summed E-state index contributed by atoms with van der Waals surface area (Å²) in [6.07, 6.45) is 3.73. The summed E-state index contributed by atoms with van der Waals surface area (Å²) in [5.74, 6) is 1.27. The fraction of sp³-hybridized carbons (Fsp3) is 0.0256. The number of aromatic nitrogens is 3. The lowest BCUT2D eigenvalue weighted by molar-refractivity contribution is 0.463. The SMILES string of the molecule is Cc1ccccc1-c1cnc2c3cc(N(c4ccccc4)c4cccc(Oc5ccccn5)c4)ccc3c3ccccc3n12. The van der Waals surface area contributed by atoms with Gasteiger partial charge in [-0.2, -0.15) is 0 Å². The van der Waals surface area contributed by atoms with Crippen LogP contribution in [0.3, 0.4) is 0 Å². The summed E-state index contributed by atoms with van der Waals surface area (Å²) in [6.45, 7) is 2.15. The summed E-state index contributed by atoms with van der Waals surface area (Å²) >= 11 is 0. The molecular formula is C39H28N4O. The molecule has 3 aromatic heterocycles. The van der Waals surface area contributed by atoms with Crippen molar-refractivity contribution < 1.29 is 4.74 Å². The van der Waals surface area contributed by atoms with Crippen molar-refractivity contribution in [2.75, 3.05) is 4.90 Å². The third-order valence-electron chi connectivity index (χ3n) is 8.07. The van der Waals surface area contributed by atoms with Gasteiger partial charge in [0.1, 0.15) is 11.4 Å². The maximum atomic E-state index is 6.12. The number of pyridine rings is 2. The fourth-order valence-corrected chi connectivity index (χ4v) is 6.06. The van der Waals surface area contributed by atoms with Gasteiger partial charge in [-0.15, -0.1) is 0 Å². The van der Waals surface area contributed by atoms with Gasteiger partial charge in [0.25, 0.3) is 0 Å². The third-order valence-corrected chi connectivity index (χ3v) is 8.07. The number of benzene rings is 5. The standard InChI is InChI=1S/C39H28N4O/c1-27-12-5-6-17-32(27)37-26-41-39-35-25-30(21-22-33(35)34-18-7-8-19-36(34)43(37)39)42(28-13-3-2-4-14-28)29-15-11-16-31(24-29)44-38-20-9-10-23-40-38/h2-26H,1H3. The highest BCUT2D eigenvalue weighted by Gasteiger charge is 2.19. The summed E-state index contributed by atoms with van der Waals surface area (Å²) in [4.78, 5) is 11.6. The van der Waals surface area contributed by atoms with Gasteiger partial charge in [-0.3, -0.25) is 4.40 Å². The highest BCUT2D eigenvalue weighted by molar-refractivity contribution is 6.13. The van der Waals surface area contributed by atoms with E-state index in [0.29, 0.717) is 11.6 Å². The Balaban J connectivity index is 1.35. The van der Waals surface area contributed by atoms with Gasteiger partial charge in [0.2, 0.25) is 5.88 Å². The highest BCUT2D eigenvalue weighted by atomic mass is 16.5. The van der Waals surface area contributed by atoms with E-state index in [1.807, 2.05) is 48.7 Å². The molecule has 0 radical (unpaired) electrons. The van der Waals surface area contributed by atoms with Crippen molar-refractivity contribution in [3.8, 4) is 22.9 Å². The van der Waals surface area contributed by atoms with Crippen LogP contribution in [0.1, 0.15) is 5.56 Å². The Morgan fingerprint density at radius 3 is 2.23 bits per heavy atom. The molecule has 0 fully saturated rings. The third kappa shape index (κ3) is 4.43. The molecule has 0 unspecified atom stereocenters. The van der Waals surface area contributed by atoms with Crippen LogP contribution >= 0.6 is 0 Å². The number of anilines is 3. The lowest BCUT2D eigenvalue weighted by Crippen LogP contribution is -2.10. The molecule has 0 aliphatic carbocycles. The molecule has 0 saturated carbocycles. The zero-order valence-electron chi connectivity index (χ0n) is 24.1. The molecule has 210 valence electrons. The van der Waals surface area contributed by atoms with Gasteiger partial charge in [0, 0.05) is 51.7 Å². The summed E-state index contributed by atoms with van der Waals surface area (Å²) in [5, 5.41) is 3.44. The van der Waals surface area contributed by atoms with E-state index in [9.17, 15) is 0 Å². The summed E-state index contributed by atoms with van der Waals surface area (Å²) in [6, 6.07) is 47.9. The minimum absolute atomic E-state index is 0.555. The van der Waals surface area contributed by atoms with Crippen LogP contribution in [-0.2, 0) is 0 Å². The van der Waals surface area contributed by atoms with Gasteiger partial charge in [-0.05, 0) is 66.4 Å². The van der Waals surface area contributed by atoms with E-state index in [2.05, 4.69) is 118 Å². The van der Waals surface area contributed by atoms with Crippen molar-refractivity contribution in [3.63, 3.8) is 0 Å². The van der Waals surface area contributed by atoms with E-state index in [1.54, 1.807) is 6.20 Å². The maximum Gasteiger partial charge on any atom is 0.219 e. The number of ether oxygens (including phenoxy) is 1. The van der Waals surface area contributed by atoms with Crippen LogP contribution in [-0.4, -0.2) is 14.4 Å². The average molecular weight is 569 g/mol. The number of para-hydroxylation sites is 2.